The highest BCUT2D eigenvalue weighted by atomic mass is 16.5. The lowest BCUT2D eigenvalue weighted by Gasteiger charge is -2.11. The molecule has 1 aliphatic rings. The predicted octanol–water partition coefficient (Wildman–Crippen LogP) is 6.12. The smallest absolute Gasteiger partial charge is 0.259 e. The molecule has 0 radical (unpaired) electrons. The zero-order valence-corrected chi connectivity index (χ0v) is 18.7. The normalized spacial score (nSPS) is 12.2. The van der Waals surface area contributed by atoms with Crippen molar-refractivity contribution < 1.29 is 14.3 Å². The Hall–Kier alpha value is -4.84. The third-order valence-electron chi connectivity index (χ3n) is 6.14. The Morgan fingerprint density at radius 2 is 1.66 bits per heavy atom. The number of H-pyrrole nitrogens is 1. The second-order valence-electron chi connectivity index (χ2n) is 8.42. The second-order valence-corrected chi connectivity index (χ2v) is 8.42. The molecule has 0 bridgehead atoms. The number of para-hydroxylation sites is 1. The van der Waals surface area contributed by atoms with Crippen LogP contribution in [-0.4, -0.2) is 16.8 Å². The van der Waals surface area contributed by atoms with Crippen LogP contribution in [0.5, 0.6) is 11.5 Å². The molecule has 0 spiro atoms. The first-order valence-electron chi connectivity index (χ1n) is 11.3. The molecule has 35 heavy (non-hydrogen) atoms. The number of amides is 2. The lowest BCUT2D eigenvalue weighted by molar-refractivity contribution is 0.0949. The molecule has 0 saturated heterocycles. The number of hydrogen-bond acceptors (Lipinski definition) is 3. The number of carbonyl (C=O) groups excluding carboxylic acids is 2. The summed E-state index contributed by atoms with van der Waals surface area (Å²) in [4.78, 5) is 28.6. The van der Waals surface area contributed by atoms with Gasteiger partial charge in [0.2, 0.25) is 0 Å². The summed E-state index contributed by atoms with van der Waals surface area (Å²) in [6, 6.07) is 28.6. The van der Waals surface area contributed by atoms with Gasteiger partial charge in [-0.1, -0.05) is 42.5 Å². The van der Waals surface area contributed by atoms with Crippen LogP contribution in [0.2, 0.25) is 0 Å². The summed E-state index contributed by atoms with van der Waals surface area (Å²) in [7, 11) is 0. The molecule has 0 aliphatic carbocycles. The highest BCUT2D eigenvalue weighted by Gasteiger charge is 2.21. The van der Waals surface area contributed by atoms with Crippen LogP contribution in [0.25, 0.3) is 22.0 Å². The molecule has 0 fully saturated rings. The number of fused-ring (bicyclic) bond motifs is 3. The fourth-order valence-corrected chi connectivity index (χ4v) is 4.24. The second kappa shape index (κ2) is 8.50. The van der Waals surface area contributed by atoms with E-state index in [0.29, 0.717) is 34.9 Å². The molecule has 2 amide bonds. The van der Waals surface area contributed by atoms with Crippen molar-refractivity contribution in [1.29, 1.82) is 0 Å². The monoisotopic (exact) mass is 459 g/mol. The number of ether oxygens (including phenoxy) is 1. The van der Waals surface area contributed by atoms with Crippen molar-refractivity contribution in [3.63, 3.8) is 0 Å². The average molecular weight is 460 g/mol. The summed E-state index contributed by atoms with van der Waals surface area (Å²) < 4.78 is 5.89. The number of rotatable bonds is 4. The first-order valence-corrected chi connectivity index (χ1v) is 11.3. The van der Waals surface area contributed by atoms with Gasteiger partial charge in [-0.3, -0.25) is 9.59 Å². The minimum atomic E-state index is -0.271. The van der Waals surface area contributed by atoms with Crippen molar-refractivity contribution in [3.05, 3.63) is 114 Å². The highest BCUT2D eigenvalue weighted by molar-refractivity contribution is 6.08. The Balaban J connectivity index is 1.14. The summed E-state index contributed by atoms with van der Waals surface area (Å²) in [6.07, 6.45) is 1.93. The maximum atomic E-state index is 12.8. The maximum Gasteiger partial charge on any atom is 0.259 e. The van der Waals surface area contributed by atoms with Gasteiger partial charge in [-0.25, -0.2) is 0 Å². The molecular weight excluding hydrogens is 438 g/mol. The molecule has 6 rings (SSSR count). The van der Waals surface area contributed by atoms with E-state index in [-0.39, 0.29) is 11.8 Å². The van der Waals surface area contributed by atoms with E-state index >= 15 is 0 Å². The van der Waals surface area contributed by atoms with Crippen molar-refractivity contribution in [3.8, 4) is 22.6 Å². The van der Waals surface area contributed by atoms with E-state index in [9.17, 15) is 9.59 Å². The lowest BCUT2D eigenvalue weighted by Crippen LogP contribution is -2.23. The molecule has 0 atom stereocenters. The van der Waals surface area contributed by atoms with Crippen LogP contribution in [-0.2, 0) is 6.54 Å². The van der Waals surface area contributed by atoms with Gasteiger partial charge in [0.15, 0.2) is 5.75 Å². The molecule has 170 valence electrons. The Morgan fingerprint density at radius 3 is 2.54 bits per heavy atom. The van der Waals surface area contributed by atoms with Crippen molar-refractivity contribution in [2.75, 3.05) is 5.32 Å². The molecule has 3 N–H and O–H groups in total. The molecule has 0 unspecified atom stereocenters. The van der Waals surface area contributed by atoms with Gasteiger partial charge >= 0.3 is 0 Å². The molecule has 5 aromatic rings. The van der Waals surface area contributed by atoms with E-state index in [2.05, 4.69) is 52.0 Å². The van der Waals surface area contributed by atoms with Crippen LogP contribution < -0.4 is 15.4 Å². The summed E-state index contributed by atoms with van der Waals surface area (Å²) >= 11 is 0. The summed E-state index contributed by atoms with van der Waals surface area (Å²) in [5.74, 6) is 0.476. The van der Waals surface area contributed by atoms with Gasteiger partial charge in [-0.15, -0.1) is 0 Å². The number of carbonyl (C=O) groups is 2. The van der Waals surface area contributed by atoms with Crippen LogP contribution in [0.4, 0.5) is 5.69 Å². The molecule has 4 aromatic carbocycles. The van der Waals surface area contributed by atoms with Gasteiger partial charge in [0.25, 0.3) is 11.8 Å². The quantitative estimate of drug-likeness (QED) is 0.303. The van der Waals surface area contributed by atoms with Gasteiger partial charge < -0.3 is 20.4 Å². The summed E-state index contributed by atoms with van der Waals surface area (Å²) in [5, 5.41) is 6.95. The van der Waals surface area contributed by atoms with E-state index in [1.165, 1.54) is 5.39 Å². The van der Waals surface area contributed by atoms with Crippen molar-refractivity contribution in [2.45, 2.75) is 6.54 Å². The van der Waals surface area contributed by atoms with Gasteiger partial charge in [0.1, 0.15) is 5.75 Å². The van der Waals surface area contributed by atoms with Gasteiger partial charge in [0, 0.05) is 23.8 Å². The summed E-state index contributed by atoms with van der Waals surface area (Å²) in [6.45, 7) is 0.390. The Bertz CT molecular complexity index is 1580. The SMILES string of the molecule is O=C(NCc1ccc(-c2ccc3[nH]ccc3c2)cc1)c1ccc2c(c1)NC(=O)c1ccccc1O2. The first-order chi connectivity index (χ1) is 17.1. The minimum absolute atomic E-state index is 0.231. The van der Waals surface area contributed by atoms with Crippen LogP contribution in [0.3, 0.4) is 0 Å². The summed E-state index contributed by atoms with van der Waals surface area (Å²) in [5.41, 5.74) is 5.71. The third kappa shape index (κ3) is 4.02. The fourth-order valence-electron chi connectivity index (χ4n) is 4.24. The fraction of sp³-hybridized carbons (Fsp3) is 0.0345. The average Bonchev–Trinajstić information content (AvgIpc) is 3.31. The Kier molecular flexibility index (Phi) is 5.04. The highest BCUT2D eigenvalue weighted by Crippen LogP contribution is 2.36. The van der Waals surface area contributed by atoms with Crippen molar-refractivity contribution >= 4 is 28.4 Å². The number of aromatic amines is 1. The largest absolute Gasteiger partial charge is 0.454 e. The molecule has 1 aromatic heterocycles. The molecule has 1 aliphatic heterocycles. The van der Waals surface area contributed by atoms with E-state index in [0.717, 1.165) is 22.2 Å². The zero-order valence-electron chi connectivity index (χ0n) is 18.7. The van der Waals surface area contributed by atoms with Crippen LogP contribution in [0.15, 0.2) is 97.2 Å². The van der Waals surface area contributed by atoms with E-state index in [1.54, 1.807) is 36.4 Å². The molecular formula is C29H21N3O3. The predicted molar refractivity (Wildman–Crippen MR) is 136 cm³/mol. The van der Waals surface area contributed by atoms with Gasteiger partial charge in [-0.05, 0) is 70.6 Å². The minimum Gasteiger partial charge on any atom is -0.454 e. The van der Waals surface area contributed by atoms with Gasteiger partial charge in [0.05, 0.1) is 11.3 Å². The lowest BCUT2D eigenvalue weighted by atomic mass is 10.0. The molecule has 2 heterocycles. The number of aromatic nitrogens is 1. The third-order valence-corrected chi connectivity index (χ3v) is 6.14. The number of benzene rings is 4. The molecule has 6 heteroatoms. The first kappa shape index (κ1) is 20.7. The number of hydrogen-bond donors (Lipinski definition) is 3. The maximum absolute atomic E-state index is 12.8. The Morgan fingerprint density at radius 1 is 0.829 bits per heavy atom. The molecule has 0 saturated carbocycles. The number of nitrogens with one attached hydrogen (secondary N) is 3. The van der Waals surface area contributed by atoms with Crippen LogP contribution in [0, 0.1) is 0 Å². The standard InChI is InChI=1S/C29H21N3O3/c33-28(22-10-12-27-25(16-22)32-29(34)23-3-1-2-4-26(23)35-27)31-17-18-5-7-19(8-6-18)20-9-11-24-21(15-20)13-14-30-24/h1-16,30H,17H2,(H,31,33)(H,32,34). The topological polar surface area (TPSA) is 83.2 Å². The van der Waals surface area contributed by atoms with Crippen LogP contribution in [0.1, 0.15) is 26.3 Å². The number of anilines is 1. The Labute approximate surface area is 201 Å². The van der Waals surface area contributed by atoms with Gasteiger partial charge in [-0.2, -0.15) is 0 Å². The van der Waals surface area contributed by atoms with Crippen molar-refractivity contribution in [2.24, 2.45) is 0 Å². The molecule has 6 nitrogen and oxygen atoms in total. The van der Waals surface area contributed by atoms with E-state index < -0.39 is 0 Å². The van der Waals surface area contributed by atoms with Crippen LogP contribution >= 0.6 is 0 Å². The van der Waals surface area contributed by atoms with Crippen molar-refractivity contribution in [1.82, 2.24) is 10.3 Å². The zero-order chi connectivity index (χ0) is 23.8. The van der Waals surface area contributed by atoms with E-state index in [1.807, 2.05) is 24.4 Å². The van der Waals surface area contributed by atoms with E-state index in [4.69, 9.17) is 4.74 Å².